The summed E-state index contributed by atoms with van der Waals surface area (Å²) in [6.07, 6.45) is 2.55. The molecule has 0 N–H and O–H groups in total. The molecule has 0 saturated heterocycles. The second kappa shape index (κ2) is 5.80. The number of fused-ring (bicyclic) bond motifs is 1. The summed E-state index contributed by atoms with van der Waals surface area (Å²) in [5.41, 5.74) is 2.81. The van der Waals surface area contributed by atoms with Crippen LogP contribution in [0, 0.1) is 0 Å². The van der Waals surface area contributed by atoms with Crippen LogP contribution in [-0.2, 0) is 0 Å². The van der Waals surface area contributed by atoms with Crippen molar-refractivity contribution in [3.05, 3.63) is 24.3 Å². The van der Waals surface area contributed by atoms with E-state index in [9.17, 15) is 25.2 Å². The fourth-order valence-corrected chi connectivity index (χ4v) is 2.17. The molecule has 0 saturated carbocycles. The van der Waals surface area contributed by atoms with Gasteiger partial charge in [0.15, 0.2) is 0 Å². The normalized spacial score (nSPS) is 17.3. The van der Waals surface area contributed by atoms with E-state index in [4.69, 9.17) is 0 Å². The van der Waals surface area contributed by atoms with Crippen LogP contribution in [-0.4, -0.2) is 19.8 Å². The molecule has 2 rings (SSSR count). The molecule has 0 aromatic heterocycles. The third-order valence-electron chi connectivity index (χ3n) is 3.07. The molecule has 130 valence electrons. The van der Waals surface area contributed by atoms with Crippen molar-refractivity contribution in [2.45, 2.75) is 26.7 Å². The number of unbranched alkanes of at least 4 members (excludes halogenated alkanes) is 1. The molecule has 0 spiro atoms. The first-order valence-corrected chi connectivity index (χ1v) is 9.00. The molecule has 1 aromatic carbocycles. The monoisotopic (exact) mass is 350 g/mol. The van der Waals surface area contributed by atoms with E-state index in [2.05, 4.69) is 47.9 Å². The zero-order chi connectivity index (χ0) is 17.1. The Kier molecular flexibility index (Phi) is 4.97. The Hall–Kier alpha value is -1.17. The van der Waals surface area contributed by atoms with Crippen LogP contribution in [0.15, 0.2) is 24.3 Å². The number of halogens is 6. The van der Waals surface area contributed by atoms with Crippen LogP contribution in [0.3, 0.4) is 0 Å². The van der Waals surface area contributed by atoms with Gasteiger partial charge in [0.25, 0.3) is 0 Å². The van der Waals surface area contributed by atoms with E-state index in [1.54, 1.807) is 0 Å². The quantitative estimate of drug-likeness (QED) is 0.447. The minimum Gasteiger partial charge on any atom is 1.00 e. The maximum absolute atomic E-state index is 10.7. The fourth-order valence-electron chi connectivity index (χ4n) is 2.17. The maximum atomic E-state index is 9.87. The SMILES string of the molecule is CCCCN1CN(CC)c2ccccc21.F[P-](F)(F)(F)(F)F.[H+]. The summed E-state index contributed by atoms with van der Waals surface area (Å²) in [5.74, 6) is 0. The molecular weight excluding hydrogens is 329 g/mol. The third-order valence-corrected chi connectivity index (χ3v) is 3.07. The Morgan fingerprint density at radius 2 is 1.41 bits per heavy atom. The van der Waals surface area contributed by atoms with Crippen molar-refractivity contribution in [2.75, 3.05) is 29.6 Å². The van der Waals surface area contributed by atoms with Gasteiger partial charge in [-0.15, -0.1) is 0 Å². The molecule has 1 aliphatic heterocycles. The van der Waals surface area contributed by atoms with Gasteiger partial charge in [0.1, 0.15) is 0 Å². The minimum absolute atomic E-state index is 0. The summed E-state index contributed by atoms with van der Waals surface area (Å²) < 4.78 is 59.2. The summed E-state index contributed by atoms with van der Waals surface area (Å²) in [7, 11) is -10.7. The maximum Gasteiger partial charge on any atom is 1.00 e. The molecule has 0 unspecified atom stereocenters. The molecule has 9 heteroatoms. The molecule has 0 amide bonds. The van der Waals surface area contributed by atoms with Gasteiger partial charge in [-0.3, -0.25) is 0 Å². The fraction of sp³-hybridized carbons (Fsp3) is 0.538. The molecule has 1 aliphatic rings. The Morgan fingerprint density at radius 1 is 0.955 bits per heavy atom. The number of benzene rings is 1. The average Bonchev–Trinajstić information content (AvgIpc) is 2.71. The van der Waals surface area contributed by atoms with Crippen molar-refractivity contribution in [2.24, 2.45) is 0 Å². The van der Waals surface area contributed by atoms with Gasteiger partial charge >= 0.3 is 34.4 Å². The first-order chi connectivity index (χ1) is 9.81. The van der Waals surface area contributed by atoms with E-state index in [0.29, 0.717) is 0 Å². The van der Waals surface area contributed by atoms with Crippen LogP contribution in [0.25, 0.3) is 0 Å². The summed E-state index contributed by atoms with van der Waals surface area (Å²) in [6, 6.07) is 8.73. The van der Waals surface area contributed by atoms with Gasteiger partial charge < -0.3 is 9.80 Å². The molecule has 22 heavy (non-hydrogen) atoms. The molecule has 0 atom stereocenters. The van der Waals surface area contributed by atoms with Gasteiger partial charge in [-0.25, -0.2) is 0 Å². The van der Waals surface area contributed by atoms with E-state index < -0.39 is 7.81 Å². The number of para-hydroxylation sites is 2. The van der Waals surface area contributed by atoms with Gasteiger partial charge in [0.2, 0.25) is 0 Å². The van der Waals surface area contributed by atoms with Crippen molar-refractivity contribution >= 4 is 19.2 Å². The Labute approximate surface area is 127 Å². The first-order valence-electron chi connectivity index (χ1n) is 6.97. The van der Waals surface area contributed by atoms with Gasteiger partial charge in [0.05, 0.1) is 18.0 Å². The first kappa shape index (κ1) is 18.9. The summed E-state index contributed by atoms with van der Waals surface area (Å²) in [4.78, 5) is 4.92. The van der Waals surface area contributed by atoms with Crippen LogP contribution < -0.4 is 9.80 Å². The van der Waals surface area contributed by atoms with Gasteiger partial charge in [-0.2, -0.15) is 0 Å². The van der Waals surface area contributed by atoms with Crippen molar-refractivity contribution in [1.82, 2.24) is 0 Å². The second-order valence-electron chi connectivity index (χ2n) is 5.06. The molecule has 0 aliphatic carbocycles. The Bertz CT molecular complexity index is 496. The van der Waals surface area contributed by atoms with Crippen molar-refractivity contribution in [3.8, 4) is 0 Å². The number of rotatable bonds is 4. The largest absolute Gasteiger partial charge is 1.00 e. The van der Waals surface area contributed by atoms with E-state index in [1.807, 2.05) is 0 Å². The number of anilines is 2. The number of hydrogen-bond acceptors (Lipinski definition) is 2. The smallest absolute Gasteiger partial charge is 1.00 e. The molecule has 0 bridgehead atoms. The van der Waals surface area contributed by atoms with Gasteiger partial charge in [-0.1, -0.05) is 25.5 Å². The summed E-state index contributed by atoms with van der Waals surface area (Å²) in [6.45, 7) is 7.82. The van der Waals surface area contributed by atoms with E-state index in [1.165, 1.54) is 30.8 Å². The van der Waals surface area contributed by atoms with Crippen molar-refractivity contribution in [3.63, 3.8) is 0 Å². The predicted molar refractivity (Wildman–Crippen MR) is 81.3 cm³/mol. The standard InChI is InChI=1S/C13H20N2.F6P/c1-3-5-10-15-11-14(4-2)12-8-6-7-9-13(12)15;1-7(2,3,4,5)6/h6-9H,3-5,10-11H2,1-2H3;/q;-1/p+1. The second-order valence-corrected chi connectivity index (χ2v) is 6.98. The Balaban J connectivity index is 0.000000522. The van der Waals surface area contributed by atoms with Crippen molar-refractivity contribution < 1.29 is 26.6 Å². The molecular formula is C13H21F6N2P. The Morgan fingerprint density at radius 3 is 1.82 bits per heavy atom. The van der Waals surface area contributed by atoms with Gasteiger partial charge in [0, 0.05) is 13.1 Å². The average molecular weight is 350 g/mol. The van der Waals surface area contributed by atoms with Crippen molar-refractivity contribution in [1.29, 1.82) is 0 Å². The van der Waals surface area contributed by atoms with Crippen LogP contribution in [0.4, 0.5) is 36.6 Å². The van der Waals surface area contributed by atoms with Crippen LogP contribution >= 0.6 is 7.81 Å². The zero-order valence-electron chi connectivity index (χ0n) is 13.5. The predicted octanol–water partition coefficient (Wildman–Crippen LogP) is 6.59. The van der Waals surface area contributed by atoms with Gasteiger partial charge in [-0.05, 0) is 25.5 Å². The number of hydrogen-bond donors (Lipinski definition) is 0. The number of nitrogens with zero attached hydrogens (tertiary/aromatic N) is 2. The molecule has 1 heterocycles. The van der Waals surface area contributed by atoms with Crippen LogP contribution in [0.1, 0.15) is 28.1 Å². The molecule has 1 aromatic rings. The van der Waals surface area contributed by atoms with Crippen LogP contribution in [0.5, 0.6) is 0 Å². The van der Waals surface area contributed by atoms with Crippen LogP contribution in [0.2, 0.25) is 0 Å². The third kappa shape index (κ3) is 7.73. The summed E-state index contributed by atoms with van der Waals surface area (Å²) in [5, 5.41) is 0. The van der Waals surface area contributed by atoms with E-state index in [0.717, 1.165) is 13.2 Å². The molecule has 2 nitrogen and oxygen atoms in total. The van der Waals surface area contributed by atoms with E-state index >= 15 is 0 Å². The zero-order valence-corrected chi connectivity index (χ0v) is 13.3. The summed E-state index contributed by atoms with van der Waals surface area (Å²) >= 11 is 0. The topological polar surface area (TPSA) is 6.48 Å². The van der Waals surface area contributed by atoms with E-state index in [-0.39, 0.29) is 1.43 Å². The molecule has 0 fully saturated rings. The minimum atomic E-state index is -10.7. The molecule has 0 radical (unpaired) electrons.